The van der Waals surface area contributed by atoms with Gasteiger partial charge in [0.1, 0.15) is 5.75 Å². The first-order valence-electron chi connectivity index (χ1n) is 7.10. The zero-order valence-corrected chi connectivity index (χ0v) is 14.5. The maximum atomic E-state index is 12.0. The van der Waals surface area contributed by atoms with Gasteiger partial charge in [0.05, 0.1) is 18.9 Å². The molecular weight excluding hydrogens is 300 g/mol. The van der Waals surface area contributed by atoms with E-state index in [4.69, 9.17) is 4.74 Å². The molecule has 0 aliphatic rings. The van der Waals surface area contributed by atoms with Crippen molar-refractivity contribution in [3.63, 3.8) is 0 Å². The molecule has 0 aromatic heterocycles. The highest BCUT2D eigenvalue weighted by molar-refractivity contribution is 8.00. The number of hydrogen-bond donors (Lipinski definition) is 2. The summed E-state index contributed by atoms with van der Waals surface area (Å²) in [5.41, 5.74) is -0.300. The predicted octanol–water partition coefficient (Wildman–Crippen LogP) is 2.21. The Bertz CT molecular complexity index is 509. The number of nitrogens with one attached hydrogen (secondary N) is 2. The Morgan fingerprint density at radius 2 is 1.82 bits per heavy atom. The van der Waals surface area contributed by atoms with Crippen molar-refractivity contribution in [3.8, 4) is 5.75 Å². The zero-order chi connectivity index (χ0) is 16.8. The minimum absolute atomic E-state index is 0.0103. The third-order valence-corrected chi connectivity index (χ3v) is 3.79. The Labute approximate surface area is 136 Å². The maximum Gasteiger partial charge on any atom is 0.239 e. The van der Waals surface area contributed by atoms with Crippen LogP contribution in [-0.2, 0) is 9.59 Å². The molecule has 6 heteroatoms. The van der Waals surface area contributed by atoms with Gasteiger partial charge in [-0.15, -0.1) is 11.8 Å². The fourth-order valence-electron chi connectivity index (χ4n) is 1.69. The smallest absolute Gasteiger partial charge is 0.239 e. The number of benzene rings is 1. The molecule has 0 saturated heterocycles. The van der Waals surface area contributed by atoms with E-state index >= 15 is 0 Å². The number of carbonyl (C=O) groups excluding carboxylic acids is 2. The number of thioether (sulfide) groups is 1. The van der Waals surface area contributed by atoms with Crippen molar-refractivity contribution in [1.82, 2.24) is 10.6 Å². The molecule has 1 unspecified atom stereocenters. The quantitative estimate of drug-likeness (QED) is 0.787. The molecule has 0 radical (unpaired) electrons. The molecule has 2 amide bonds. The minimum Gasteiger partial charge on any atom is -0.497 e. The molecule has 0 aliphatic carbocycles. The highest BCUT2D eigenvalue weighted by Gasteiger charge is 2.17. The summed E-state index contributed by atoms with van der Waals surface area (Å²) in [7, 11) is 1.61. The number of carbonyl (C=O) groups is 2. The molecule has 0 heterocycles. The lowest BCUT2D eigenvalue weighted by Crippen LogP contribution is -2.46. The normalized spacial score (nSPS) is 12.4. The highest BCUT2D eigenvalue weighted by atomic mass is 32.2. The summed E-state index contributed by atoms with van der Waals surface area (Å²) in [4.78, 5) is 24.6. The number of rotatable bonds is 6. The zero-order valence-electron chi connectivity index (χ0n) is 13.7. The van der Waals surface area contributed by atoms with Crippen LogP contribution >= 0.6 is 11.8 Å². The van der Waals surface area contributed by atoms with Gasteiger partial charge >= 0.3 is 0 Å². The minimum atomic E-state index is -0.300. The SMILES string of the molecule is COc1ccc(SC(C)C(=O)NCC(=O)NC(C)(C)C)cc1. The molecule has 22 heavy (non-hydrogen) atoms. The second-order valence-corrected chi connectivity index (χ2v) is 7.37. The Hall–Kier alpha value is -1.69. The van der Waals surface area contributed by atoms with Crippen LogP contribution in [0.3, 0.4) is 0 Å². The summed E-state index contributed by atoms with van der Waals surface area (Å²) >= 11 is 1.44. The van der Waals surface area contributed by atoms with Crippen molar-refractivity contribution in [2.45, 2.75) is 43.4 Å². The van der Waals surface area contributed by atoms with Crippen molar-refractivity contribution in [1.29, 1.82) is 0 Å². The van der Waals surface area contributed by atoms with Gasteiger partial charge in [0.25, 0.3) is 0 Å². The lowest BCUT2D eigenvalue weighted by molar-refractivity contribution is -0.126. The van der Waals surface area contributed by atoms with E-state index in [1.165, 1.54) is 11.8 Å². The van der Waals surface area contributed by atoms with Gasteiger partial charge < -0.3 is 15.4 Å². The molecule has 1 aromatic carbocycles. The van der Waals surface area contributed by atoms with Gasteiger partial charge in [0, 0.05) is 10.4 Å². The second-order valence-electron chi connectivity index (χ2n) is 5.95. The van der Waals surface area contributed by atoms with Crippen LogP contribution in [0.2, 0.25) is 0 Å². The van der Waals surface area contributed by atoms with Gasteiger partial charge in [-0.1, -0.05) is 0 Å². The van der Waals surface area contributed by atoms with E-state index in [0.717, 1.165) is 10.6 Å². The van der Waals surface area contributed by atoms with Crippen molar-refractivity contribution in [2.75, 3.05) is 13.7 Å². The fourth-order valence-corrected chi connectivity index (χ4v) is 2.58. The van der Waals surface area contributed by atoms with Crippen LogP contribution in [-0.4, -0.2) is 36.3 Å². The van der Waals surface area contributed by atoms with Crippen molar-refractivity contribution >= 4 is 23.6 Å². The molecule has 0 aliphatic heterocycles. The molecule has 2 N–H and O–H groups in total. The molecule has 1 rings (SSSR count). The third-order valence-electron chi connectivity index (χ3n) is 2.68. The Morgan fingerprint density at radius 3 is 2.32 bits per heavy atom. The number of hydrogen-bond acceptors (Lipinski definition) is 4. The average molecular weight is 324 g/mol. The summed E-state index contributed by atoms with van der Waals surface area (Å²) in [6.45, 7) is 7.49. The first-order chi connectivity index (χ1) is 10.2. The van der Waals surface area contributed by atoms with Crippen molar-refractivity contribution < 1.29 is 14.3 Å². The number of ether oxygens (including phenoxy) is 1. The highest BCUT2D eigenvalue weighted by Crippen LogP contribution is 2.25. The Morgan fingerprint density at radius 1 is 1.23 bits per heavy atom. The molecule has 0 fully saturated rings. The van der Waals surface area contributed by atoms with E-state index in [1.54, 1.807) is 7.11 Å². The van der Waals surface area contributed by atoms with E-state index in [0.29, 0.717) is 0 Å². The van der Waals surface area contributed by atoms with Gasteiger partial charge in [0.15, 0.2) is 0 Å². The van der Waals surface area contributed by atoms with Crippen LogP contribution in [0, 0.1) is 0 Å². The molecule has 1 aromatic rings. The van der Waals surface area contributed by atoms with Gasteiger partial charge in [-0.3, -0.25) is 9.59 Å². The van der Waals surface area contributed by atoms with Crippen molar-refractivity contribution in [2.24, 2.45) is 0 Å². The van der Waals surface area contributed by atoms with E-state index in [2.05, 4.69) is 10.6 Å². The molecule has 5 nitrogen and oxygen atoms in total. The first kappa shape index (κ1) is 18.4. The standard InChI is InChI=1S/C16H24N2O3S/c1-11(22-13-8-6-12(21-5)7-9-13)15(20)17-10-14(19)18-16(2,3)4/h6-9,11H,10H2,1-5H3,(H,17,20)(H,18,19). The lowest BCUT2D eigenvalue weighted by atomic mass is 10.1. The van der Waals surface area contributed by atoms with E-state index in [-0.39, 0.29) is 29.1 Å². The molecule has 0 bridgehead atoms. The van der Waals surface area contributed by atoms with Crippen LogP contribution in [0.1, 0.15) is 27.7 Å². The fraction of sp³-hybridized carbons (Fsp3) is 0.500. The number of amides is 2. The molecule has 0 spiro atoms. The monoisotopic (exact) mass is 324 g/mol. The van der Waals surface area contributed by atoms with E-state index < -0.39 is 0 Å². The summed E-state index contributed by atoms with van der Waals surface area (Å²) < 4.78 is 5.09. The molecule has 0 saturated carbocycles. The average Bonchev–Trinajstić information content (AvgIpc) is 2.43. The van der Waals surface area contributed by atoms with Crippen LogP contribution < -0.4 is 15.4 Å². The van der Waals surface area contributed by atoms with Gasteiger partial charge in [-0.05, 0) is 52.0 Å². The van der Waals surface area contributed by atoms with Crippen LogP contribution in [0.25, 0.3) is 0 Å². The molecule has 1 atom stereocenters. The molecule has 122 valence electrons. The summed E-state index contributed by atoms with van der Waals surface area (Å²) in [5, 5.41) is 5.17. The van der Waals surface area contributed by atoms with Gasteiger partial charge in [-0.2, -0.15) is 0 Å². The van der Waals surface area contributed by atoms with Gasteiger partial charge in [-0.25, -0.2) is 0 Å². The predicted molar refractivity (Wildman–Crippen MR) is 89.2 cm³/mol. The maximum absolute atomic E-state index is 12.0. The summed E-state index contributed by atoms with van der Waals surface area (Å²) in [6, 6.07) is 7.51. The van der Waals surface area contributed by atoms with Crippen LogP contribution in [0.5, 0.6) is 5.75 Å². The second kappa shape index (κ2) is 8.08. The largest absolute Gasteiger partial charge is 0.497 e. The summed E-state index contributed by atoms with van der Waals surface area (Å²) in [5.74, 6) is 0.424. The topological polar surface area (TPSA) is 67.4 Å². The Kier molecular flexibility index (Phi) is 6.74. The van der Waals surface area contributed by atoms with Crippen LogP contribution in [0.15, 0.2) is 29.2 Å². The molecular formula is C16H24N2O3S. The summed E-state index contributed by atoms with van der Waals surface area (Å²) in [6.07, 6.45) is 0. The van der Waals surface area contributed by atoms with E-state index in [9.17, 15) is 9.59 Å². The Balaban J connectivity index is 2.42. The van der Waals surface area contributed by atoms with Crippen LogP contribution in [0.4, 0.5) is 0 Å². The van der Waals surface area contributed by atoms with E-state index in [1.807, 2.05) is 52.0 Å². The van der Waals surface area contributed by atoms with Gasteiger partial charge in [0.2, 0.25) is 11.8 Å². The number of methoxy groups -OCH3 is 1. The first-order valence-corrected chi connectivity index (χ1v) is 7.98. The third kappa shape index (κ3) is 6.85. The lowest BCUT2D eigenvalue weighted by Gasteiger charge is -2.21. The van der Waals surface area contributed by atoms with Crippen molar-refractivity contribution in [3.05, 3.63) is 24.3 Å².